The number of carboxylic acid groups (broad SMARTS) is 1. The van der Waals surface area contributed by atoms with E-state index in [0.29, 0.717) is 28.0 Å². The number of hydrogen-bond acceptors (Lipinski definition) is 7. The number of nitrogens with zero attached hydrogens (tertiary/aromatic N) is 1. The molecule has 0 spiro atoms. The van der Waals surface area contributed by atoms with Crippen molar-refractivity contribution in [2.75, 3.05) is 29.1 Å². The van der Waals surface area contributed by atoms with Gasteiger partial charge < -0.3 is 14.3 Å². The molecule has 0 radical (unpaired) electrons. The average Bonchev–Trinajstić information content (AvgIpc) is 3.64. The van der Waals surface area contributed by atoms with Crippen LogP contribution in [-0.2, 0) is 19.9 Å². The van der Waals surface area contributed by atoms with E-state index in [1.807, 2.05) is 0 Å². The molecule has 0 atom stereocenters. The highest BCUT2D eigenvalue weighted by Crippen LogP contribution is 2.48. The Morgan fingerprint density at radius 3 is 2.12 bits per heavy atom. The Morgan fingerprint density at radius 2 is 1.60 bits per heavy atom. The molecular formula is C28H26FNO8S2. The summed E-state index contributed by atoms with van der Waals surface area (Å²) in [5.41, 5.74) is 1.45. The van der Waals surface area contributed by atoms with E-state index >= 15 is 0 Å². The third-order valence-electron chi connectivity index (χ3n) is 6.57. The second kappa shape index (κ2) is 10.3. The maximum Gasteiger partial charge on any atom is 0.340 e. The van der Waals surface area contributed by atoms with Gasteiger partial charge in [-0.25, -0.2) is 26.0 Å². The first-order valence-electron chi connectivity index (χ1n) is 12.3. The highest BCUT2D eigenvalue weighted by atomic mass is 32.2. The van der Waals surface area contributed by atoms with Gasteiger partial charge in [-0.15, -0.1) is 0 Å². The van der Waals surface area contributed by atoms with Crippen molar-refractivity contribution in [2.45, 2.75) is 18.8 Å². The predicted octanol–water partition coefficient (Wildman–Crippen LogP) is 5.42. The molecule has 0 unspecified atom stereocenters. The van der Waals surface area contributed by atoms with Gasteiger partial charge >= 0.3 is 5.97 Å². The number of ether oxygens (including phenoxy) is 1. The summed E-state index contributed by atoms with van der Waals surface area (Å²) >= 11 is 0. The summed E-state index contributed by atoms with van der Waals surface area (Å²) in [6.07, 6.45) is 3.63. The number of carboxylic acids is 1. The number of carbonyl (C=O) groups is 1. The number of benzene rings is 3. The Kier molecular flexibility index (Phi) is 7.09. The van der Waals surface area contributed by atoms with Crippen LogP contribution >= 0.6 is 0 Å². The van der Waals surface area contributed by atoms with Crippen LogP contribution in [0.5, 0.6) is 11.5 Å². The molecule has 210 valence electrons. The summed E-state index contributed by atoms with van der Waals surface area (Å²) in [4.78, 5) is 12.4. The smallest absolute Gasteiger partial charge is 0.340 e. The number of anilines is 1. The lowest BCUT2D eigenvalue weighted by molar-refractivity contribution is 0.0699. The van der Waals surface area contributed by atoms with Crippen LogP contribution in [0.3, 0.4) is 0 Å². The van der Waals surface area contributed by atoms with E-state index in [1.165, 1.54) is 30.3 Å². The van der Waals surface area contributed by atoms with Gasteiger partial charge in [0, 0.05) is 29.8 Å². The number of sulfonamides is 1. The minimum Gasteiger partial charge on any atom is -0.478 e. The van der Waals surface area contributed by atoms with Crippen molar-refractivity contribution in [2.24, 2.45) is 0 Å². The average molecular weight is 588 g/mol. The molecule has 40 heavy (non-hydrogen) atoms. The van der Waals surface area contributed by atoms with E-state index in [2.05, 4.69) is 0 Å². The number of furan rings is 1. The van der Waals surface area contributed by atoms with Gasteiger partial charge in [0.05, 0.1) is 17.7 Å². The van der Waals surface area contributed by atoms with Crippen LogP contribution < -0.4 is 9.04 Å². The van der Waals surface area contributed by atoms with Crippen LogP contribution in [0, 0.1) is 5.82 Å². The molecule has 1 heterocycles. The highest BCUT2D eigenvalue weighted by Gasteiger charge is 2.33. The van der Waals surface area contributed by atoms with Gasteiger partial charge in [-0.2, -0.15) is 0 Å². The fraction of sp³-hybridized carbons (Fsp3) is 0.250. The standard InChI is InChI=1S/C28H26FNO8S2/c1-39(33,34)14-13-30(40(2,35)36)24-16-25-23(15-22(24)17-3-4-17)26(28(31)32)27(38-25)18-5-9-20(10-6-18)37-21-11-7-19(29)8-12-21/h5-12,15-17H,3-4,13-14H2,1-2H3,(H,31,32). The number of fused-ring (bicyclic) bond motifs is 1. The monoisotopic (exact) mass is 587 g/mol. The van der Waals surface area contributed by atoms with Crippen molar-refractivity contribution in [3.8, 4) is 22.8 Å². The molecule has 1 saturated carbocycles. The second-order valence-corrected chi connectivity index (χ2v) is 14.0. The molecule has 1 N–H and O–H groups in total. The Bertz CT molecular complexity index is 1810. The minimum absolute atomic E-state index is 0.0183. The van der Waals surface area contributed by atoms with Gasteiger partial charge in [0.15, 0.2) is 0 Å². The van der Waals surface area contributed by atoms with Crippen LogP contribution in [-0.4, -0.2) is 52.7 Å². The third kappa shape index (κ3) is 5.97. The SMILES string of the molecule is CS(=O)(=O)CCN(c1cc2oc(-c3ccc(Oc4ccc(F)cc4)cc3)c(C(=O)O)c2cc1C1CC1)S(C)(=O)=O. The molecule has 0 amide bonds. The number of hydrogen-bond donors (Lipinski definition) is 1. The Labute approximate surface area is 230 Å². The largest absolute Gasteiger partial charge is 0.478 e. The zero-order valence-electron chi connectivity index (χ0n) is 21.6. The Hall–Kier alpha value is -3.90. The summed E-state index contributed by atoms with van der Waals surface area (Å²) in [5, 5.41) is 10.4. The fourth-order valence-electron chi connectivity index (χ4n) is 4.53. The molecule has 1 aliphatic carbocycles. The lowest BCUT2D eigenvalue weighted by Crippen LogP contribution is -2.34. The number of aromatic carboxylic acids is 1. The van der Waals surface area contributed by atoms with Crippen LogP contribution in [0.1, 0.15) is 34.7 Å². The topological polar surface area (TPSA) is 131 Å². The number of sulfone groups is 1. The van der Waals surface area contributed by atoms with Crippen molar-refractivity contribution in [3.63, 3.8) is 0 Å². The second-order valence-electron chi connectivity index (χ2n) is 9.84. The van der Waals surface area contributed by atoms with Crippen molar-refractivity contribution in [1.82, 2.24) is 0 Å². The van der Waals surface area contributed by atoms with E-state index in [-0.39, 0.29) is 40.8 Å². The van der Waals surface area contributed by atoms with Crippen molar-refractivity contribution >= 4 is 42.5 Å². The Morgan fingerprint density at radius 1 is 1.00 bits per heavy atom. The molecular weight excluding hydrogens is 561 g/mol. The van der Waals surface area contributed by atoms with Crippen LogP contribution in [0.2, 0.25) is 0 Å². The molecule has 1 fully saturated rings. The maximum absolute atomic E-state index is 13.2. The molecule has 12 heteroatoms. The quantitative estimate of drug-likeness (QED) is 0.260. The summed E-state index contributed by atoms with van der Waals surface area (Å²) in [7, 11) is -7.32. The summed E-state index contributed by atoms with van der Waals surface area (Å²) in [6, 6.07) is 15.1. The summed E-state index contributed by atoms with van der Waals surface area (Å²) < 4.78 is 75.1. The van der Waals surface area contributed by atoms with Gasteiger partial charge in [0.1, 0.15) is 44.1 Å². The molecule has 1 aromatic heterocycles. The molecule has 0 saturated heterocycles. The first-order chi connectivity index (χ1) is 18.8. The lowest BCUT2D eigenvalue weighted by atomic mass is 10.0. The molecule has 5 rings (SSSR count). The van der Waals surface area contributed by atoms with Crippen LogP contribution in [0.4, 0.5) is 10.1 Å². The zero-order chi connectivity index (χ0) is 28.8. The molecule has 3 aromatic carbocycles. The highest BCUT2D eigenvalue weighted by molar-refractivity contribution is 7.92. The van der Waals surface area contributed by atoms with Gasteiger partial charge in [0.2, 0.25) is 10.0 Å². The number of halogens is 1. The molecule has 1 aliphatic rings. The minimum atomic E-state index is -3.87. The third-order valence-corrected chi connectivity index (χ3v) is 8.67. The molecule has 0 bridgehead atoms. The van der Waals surface area contributed by atoms with E-state index in [1.54, 1.807) is 30.3 Å². The molecule has 0 aliphatic heterocycles. The van der Waals surface area contributed by atoms with Crippen molar-refractivity contribution < 1.29 is 40.3 Å². The first-order valence-corrected chi connectivity index (χ1v) is 16.2. The summed E-state index contributed by atoms with van der Waals surface area (Å²) in [6.45, 7) is -0.280. The van der Waals surface area contributed by atoms with Gasteiger partial charge in [-0.1, -0.05) is 0 Å². The number of rotatable bonds is 10. The van der Waals surface area contributed by atoms with E-state index in [0.717, 1.165) is 29.7 Å². The van der Waals surface area contributed by atoms with E-state index < -0.39 is 31.6 Å². The maximum atomic E-state index is 13.2. The van der Waals surface area contributed by atoms with Gasteiger partial charge in [0.25, 0.3) is 0 Å². The van der Waals surface area contributed by atoms with E-state index in [9.17, 15) is 31.1 Å². The summed E-state index contributed by atoms with van der Waals surface area (Å²) in [5.74, 6) is -1.02. The molecule has 4 aromatic rings. The Balaban J connectivity index is 1.58. The van der Waals surface area contributed by atoms with Crippen LogP contribution in [0.25, 0.3) is 22.3 Å². The molecule has 9 nitrogen and oxygen atoms in total. The predicted molar refractivity (Wildman–Crippen MR) is 149 cm³/mol. The van der Waals surface area contributed by atoms with Crippen LogP contribution in [0.15, 0.2) is 65.1 Å². The first kappa shape index (κ1) is 27.7. The lowest BCUT2D eigenvalue weighted by Gasteiger charge is -2.25. The van der Waals surface area contributed by atoms with Gasteiger partial charge in [-0.05, 0) is 78.9 Å². The zero-order valence-corrected chi connectivity index (χ0v) is 23.3. The fourth-order valence-corrected chi connectivity index (χ4v) is 6.10. The van der Waals surface area contributed by atoms with Gasteiger partial charge in [-0.3, -0.25) is 4.31 Å². The normalized spacial score (nSPS) is 13.9. The van der Waals surface area contributed by atoms with Crippen molar-refractivity contribution in [3.05, 3.63) is 77.6 Å². The van der Waals surface area contributed by atoms with Crippen molar-refractivity contribution in [1.29, 1.82) is 0 Å². The van der Waals surface area contributed by atoms with E-state index in [4.69, 9.17) is 9.15 Å².